The summed E-state index contributed by atoms with van der Waals surface area (Å²) in [5, 5.41) is 0. The summed E-state index contributed by atoms with van der Waals surface area (Å²) in [6, 6.07) is 1.68. The molecular formula is C12H15N3O3. The molecule has 2 rings (SSSR count). The third kappa shape index (κ3) is 2.65. The summed E-state index contributed by atoms with van der Waals surface area (Å²) in [4.78, 5) is 20.0. The van der Waals surface area contributed by atoms with Gasteiger partial charge in [-0.15, -0.1) is 0 Å². The molecule has 6 heteroatoms. The normalized spacial score (nSPS) is 10.8. The van der Waals surface area contributed by atoms with E-state index >= 15 is 0 Å². The number of methoxy groups -OCH3 is 1. The zero-order chi connectivity index (χ0) is 13.0. The first-order valence-electron chi connectivity index (χ1n) is 5.65. The van der Waals surface area contributed by atoms with E-state index in [0.29, 0.717) is 30.7 Å². The van der Waals surface area contributed by atoms with Crippen LogP contribution in [0.5, 0.6) is 0 Å². The van der Waals surface area contributed by atoms with Crippen molar-refractivity contribution in [3.05, 3.63) is 24.2 Å². The lowest BCUT2D eigenvalue weighted by Crippen LogP contribution is -2.08. The predicted octanol–water partition coefficient (Wildman–Crippen LogP) is 1.16. The zero-order valence-corrected chi connectivity index (χ0v) is 10.4. The van der Waals surface area contributed by atoms with Crippen LogP contribution in [0.25, 0.3) is 11.2 Å². The number of hydrogen-bond acceptors (Lipinski definition) is 5. The van der Waals surface area contributed by atoms with Gasteiger partial charge in [-0.2, -0.15) is 0 Å². The maximum Gasteiger partial charge on any atom is 0.339 e. The smallest absolute Gasteiger partial charge is 0.339 e. The molecule has 0 bridgehead atoms. The second kappa shape index (κ2) is 5.59. The first-order valence-corrected chi connectivity index (χ1v) is 5.65. The van der Waals surface area contributed by atoms with Crippen LogP contribution in [-0.4, -0.2) is 40.8 Å². The molecule has 2 aromatic heterocycles. The summed E-state index contributed by atoms with van der Waals surface area (Å²) in [6.07, 6.45) is 3.84. The Kier molecular flexibility index (Phi) is 3.88. The van der Waals surface area contributed by atoms with E-state index in [1.54, 1.807) is 24.1 Å². The van der Waals surface area contributed by atoms with Crippen LogP contribution in [-0.2, 0) is 16.5 Å². The van der Waals surface area contributed by atoms with Crippen molar-refractivity contribution in [1.29, 1.82) is 0 Å². The number of rotatable bonds is 5. The molecule has 0 spiro atoms. The van der Waals surface area contributed by atoms with Gasteiger partial charge in [0.2, 0.25) is 0 Å². The first kappa shape index (κ1) is 12.5. The van der Waals surface area contributed by atoms with Gasteiger partial charge in [0.25, 0.3) is 0 Å². The van der Waals surface area contributed by atoms with E-state index in [4.69, 9.17) is 9.47 Å². The maximum atomic E-state index is 11.7. The number of ether oxygens (including phenoxy) is 2. The van der Waals surface area contributed by atoms with Crippen LogP contribution >= 0.6 is 0 Å². The van der Waals surface area contributed by atoms with Crippen LogP contribution < -0.4 is 0 Å². The lowest BCUT2D eigenvalue weighted by Gasteiger charge is -2.04. The number of carbonyl (C=O) groups excluding carboxylic acids is 1. The molecule has 0 aliphatic rings. The number of pyridine rings is 1. The second-order valence-corrected chi connectivity index (χ2v) is 3.90. The van der Waals surface area contributed by atoms with Gasteiger partial charge in [-0.1, -0.05) is 0 Å². The van der Waals surface area contributed by atoms with Gasteiger partial charge in [0.15, 0.2) is 5.65 Å². The number of hydrogen-bond donors (Lipinski definition) is 0. The molecule has 0 fully saturated rings. The average molecular weight is 249 g/mol. The summed E-state index contributed by atoms with van der Waals surface area (Å²) < 4.78 is 11.8. The Hall–Kier alpha value is -1.95. The number of aryl methyl sites for hydroxylation is 1. The first-order chi connectivity index (χ1) is 8.72. The Morgan fingerprint density at radius 3 is 3.00 bits per heavy atom. The van der Waals surface area contributed by atoms with Crippen molar-refractivity contribution < 1.29 is 14.3 Å². The van der Waals surface area contributed by atoms with Crippen LogP contribution in [0.4, 0.5) is 0 Å². The Morgan fingerprint density at radius 2 is 2.22 bits per heavy atom. The molecule has 0 saturated heterocycles. The molecule has 2 heterocycles. The van der Waals surface area contributed by atoms with E-state index in [2.05, 4.69) is 9.97 Å². The van der Waals surface area contributed by atoms with Crippen LogP contribution in [0.2, 0.25) is 0 Å². The number of nitrogens with zero attached hydrogens (tertiary/aromatic N) is 3. The van der Waals surface area contributed by atoms with Gasteiger partial charge in [0, 0.05) is 33.4 Å². The molecule has 0 atom stereocenters. The van der Waals surface area contributed by atoms with E-state index in [1.165, 1.54) is 6.20 Å². The SMILES string of the molecule is COCCCOC(=O)c1cnc2c(c1)ncn2C. The molecule has 2 aromatic rings. The summed E-state index contributed by atoms with van der Waals surface area (Å²) in [5.41, 5.74) is 1.84. The summed E-state index contributed by atoms with van der Waals surface area (Å²) >= 11 is 0. The topological polar surface area (TPSA) is 66.2 Å². The fourth-order valence-corrected chi connectivity index (χ4v) is 1.58. The summed E-state index contributed by atoms with van der Waals surface area (Å²) in [7, 11) is 3.46. The molecule has 0 saturated carbocycles. The molecule has 0 N–H and O–H groups in total. The molecule has 0 unspecified atom stereocenters. The highest BCUT2D eigenvalue weighted by Gasteiger charge is 2.10. The van der Waals surface area contributed by atoms with E-state index in [9.17, 15) is 4.79 Å². The number of imidazole rings is 1. The number of carbonyl (C=O) groups is 1. The molecule has 96 valence electrons. The van der Waals surface area contributed by atoms with E-state index in [1.807, 2.05) is 7.05 Å². The van der Waals surface area contributed by atoms with E-state index < -0.39 is 0 Å². The molecule has 0 radical (unpaired) electrons. The Morgan fingerprint density at radius 1 is 1.39 bits per heavy atom. The van der Waals surface area contributed by atoms with E-state index in [-0.39, 0.29) is 5.97 Å². The van der Waals surface area contributed by atoms with Crippen molar-refractivity contribution in [2.75, 3.05) is 20.3 Å². The highest BCUT2D eigenvalue weighted by Crippen LogP contribution is 2.11. The zero-order valence-electron chi connectivity index (χ0n) is 10.4. The Balaban J connectivity index is 2.04. The highest BCUT2D eigenvalue weighted by atomic mass is 16.5. The largest absolute Gasteiger partial charge is 0.462 e. The highest BCUT2D eigenvalue weighted by molar-refractivity contribution is 5.92. The average Bonchev–Trinajstić information content (AvgIpc) is 2.76. The molecule has 0 aromatic carbocycles. The molecular weight excluding hydrogens is 234 g/mol. The molecule has 0 amide bonds. The van der Waals surface area contributed by atoms with Crippen LogP contribution in [0, 0.1) is 0 Å². The van der Waals surface area contributed by atoms with Crippen molar-refractivity contribution in [3.63, 3.8) is 0 Å². The third-order valence-corrected chi connectivity index (χ3v) is 2.51. The van der Waals surface area contributed by atoms with Crippen LogP contribution in [0.3, 0.4) is 0 Å². The summed E-state index contributed by atoms with van der Waals surface area (Å²) in [5.74, 6) is -0.383. The molecule has 0 aliphatic carbocycles. The van der Waals surface area contributed by atoms with Gasteiger partial charge in [-0.05, 0) is 6.07 Å². The van der Waals surface area contributed by atoms with Gasteiger partial charge < -0.3 is 14.0 Å². The number of aromatic nitrogens is 3. The Bertz CT molecular complexity index is 550. The third-order valence-electron chi connectivity index (χ3n) is 2.51. The quantitative estimate of drug-likeness (QED) is 0.587. The van der Waals surface area contributed by atoms with Crippen molar-refractivity contribution in [3.8, 4) is 0 Å². The fraction of sp³-hybridized carbons (Fsp3) is 0.417. The van der Waals surface area contributed by atoms with Crippen molar-refractivity contribution in [1.82, 2.24) is 14.5 Å². The minimum absolute atomic E-state index is 0.340. The standard InChI is InChI=1S/C12H15N3O3/c1-15-8-14-10-6-9(7-13-11(10)15)12(16)18-5-3-4-17-2/h6-8H,3-5H2,1-2H3. The minimum atomic E-state index is -0.383. The van der Waals surface area contributed by atoms with Crippen LogP contribution in [0.1, 0.15) is 16.8 Å². The van der Waals surface area contributed by atoms with Gasteiger partial charge in [-0.25, -0.2) is 14.8 Å². The Labute approximate surface area is 105 Å². The number of fused-ring (bicyclic) bond motifs is 1. The van der Waals surface area contributed by atoms with Gasteiger partial charge >= 0.3 is 5.97 Å². The van der Waals surface area contributed by atoms with Crippen molar-refractivity contribution >= 4 is 17.1 Å². The predicted molar refractivity (Wildman–Crippen MR) is 65.3 cm³/mol. The number of esters is 1. The van der Waals surface area contributed by atoms with Gasteiger partial charge in [-0.3, -0.25) is 0 Å². The van der Waals surface area contributed by atoms with E-state index in [0.717, 1.165) is 5.65 Å². The minimum Gasteiger partial charge on any atom is -0.462 e. The lowest BCUT2D eigenvalue weighted by atomic mass is 10.3. The lowest BCUT2D eigenvalue weighted by molar-refractivity contribution is 0.0468. The summed E-state index contributed by atoms with van der Waals surface area (Å²) in [6.45, 7) is 0.914. The van der Waals surface area contributed by atoms with Gasteiger partial charge in [0.1, 0.15) is 5.52 Å². The second-order valence-electron chi connectivity index (χ2n) is 3.90. The maximum absolute atomic E-state index is 11.7. The van der Waals surface area contributed by atoms with Crippen molar-refractivity contribution in [2.24, 2.45) is 7.05 Å². The van der Waals surface area contributed by atoms with Crippen LogP contribution in [0.15, 0.2) is 18.6 Å². The van der Waals surface area contributed by atoms with Crippen molar-refractivity contribution in [2.45, 2.75) is 6.42 Å². The molecule has 6 nitrogen and oxygen atoms in total. The molecule has 0 aliphatic heterocycles. The monoisotopic (exact) mass is 249 g/mol. The van der Waals surface area contributed by atoms with Gasteiger partial charge in [0.05, 0.1) is 18.5 Å². The molecule has 18 heavy (non-hydrogen) atoms. The fourth-order valence-electron chi connectivity index (χ4n) is 1.58.